The Hall–Kier alpha value is -1.24. The lowest BCUT2D eigenvalue weighted by atomic mass is 10.3. The SMILES string of the molecule is C=Ic1cccc(N/N=C/C=N/O)c1. The molecular weight excluding hydrogens is 293 g/mol. The zero-order valence-corrected chi connectivity index (χ0v) is 9.55. The first-order chi connectivity index (χ1) is 6.86. The van der Waals surface area contributed by atoms with Crippen molar-refractivity contribution in [2.24, 2.45) is 10.3 Å². The molecule has 1 aromatic rings. The second kappa shape index (κ2) is 6.25. The molecule has 1 aromatic carbocycles. The minimum Gasteiger partial charge on any atom is -0.411 e. The van der Waals surface area contributed by atoms with Crippen LogP contribution < -0.4 is 5.43 Å². The Morgan fingerprint density at radius 3 is 3.00 bits per heavy atom. The van der Waals surface area contributed by atoms with Crippen molar-refractivity contribution in [2.45, 2.75) is 0 Å². The Bertz CT molecular complexity index is 363. The van der Waals surface area contributed by atoms with Gasteiger partial charge in [0.15, 0.2) is 0 Å². The summed E-state index contributed by atoms with van der Waals surface area (Å²) >= 11 is -0.139. The minimum absolute atomic E-state index is 0.139. The third-order valence-electron chi connectivity index (χ3n) is 1.38. The summed E-state index contributed by atoms with van der Waals surface area (Å²) in [5, 5.41) is 14.7. The number of halogens is 1. The molecule has 0 heterocycles. The maximum Gasteiger partial charge on any atom is 0.0862 e. The number of hydrogen-bond donors (Lipinski definition) is 2. The predicted molar refractivity (Wildman–Crippen MR) is 68.7 cm³/mol. The molecule has 5 heteroatoms. The minimum atomic E-state index is -0.139. The normalized spacial score (nSPS) is 11.1. The van der Waals surface area contributed by atoms with E-state index in [1.807, 2.05) is 24.3 Å². The van der Waals surface area contributed by atoms with Gasteiger partial charge in [0.05, 0.1) is 18.1 Å². The van der Waals surface area contributed by atoms with Crippen LogP contribution in [0.3, 0.4) is 0 Å². The molecule has 0 radical (unpaired) electrons. The molecule has 4 nitrogen and oxygen atoms in total. The van der Waals surface area contributed by atoms with E-state index >= 15 is 0 Å². The summed E-state index contributed by atoms with van der Waals surface area (Å²) in [4.78, 5) is 0. The molecule has 14 heavy (non-hydrogen) atoms. The largest absolute Gasteiger partial charge is 0.411 e. The third kappa shape index (κ3) is 3.65. The van der Waals surface area contributed by atoms with Gasteiger partial charge in [0, 0.05) is 3.57 Å². The summed E-state index contributed by atoms with van der Waals surface area (Å²) in [6, 6.07) is 7.92. The van der Waals surface area contributed by atoms with E-state index in [4.69, 9.17) is 5.21 Å². The molecule has 0 saturated carbocycles. The van der Waals surface area contributed by atoms with Crippen LogP contribution >= 0.6 is 20.7 Å². The molecule has 0 atom stereocenters. The molecule has 0 aliphatic carbocycles. The van der Waals surface area contributed by atoms with Crippen LogP contribution in [0.15, 0.2) is 34.5 Å². The van der Waals surface area contributed by atoms with E-state index < -0.39 is 0 Å². The molecule has 0 aromatic heterocycles. The van der Waals surface area contributed by atoms with Crippen LogP contribution in [0.1, 0.15) is 0 Å². The molecule has 0 spiro atoms. The van der Waals surface area contributed by atoms with Gasteiger partial charge in [-0.2, -0.15) is 5.10 Å². The molecule has 74 valence electrons. The Morgan fingerprint density at radius 1 is 1.43 bits per heavy atom. The van der Waals surface area contributed by atoms with E-state index in [1.54, 1.807) is 0 Å². The van der Waals surface area contributed by atoms with Crippen LogP contribution in [0.4, 0.5) is 5.69 Å². The second-order valence-electron chi connectivity index (χ2n) is 2.30. The maximum atomic E-state index is 8.09. The van der Waals surface area contributed by atoms with Crippen LogP contribution in [0, 0.1) is 3.57 Å². The molecule has 0 aliphatic heterocycles. The lowest BCUT2D eigenvalue weighted by Gasteiger charge is -1.99. The lowest BCUT2D eigenvalue weighted by Crippen LogP contribution is -1.89. The van der Waals surface area contributed by atoms with Crippen molar-refractivity contribution in [1.29, 1.82) is 0 Å². The molecule has 1 rings (SSSR count). The highest BCUT2D eigenvalue weighted by molar-refractivity contribution is 14.2. The third-order valence-corrected chi connectivity index (χ3v) is 2.93. The number of anilines is 1. The van der Waals surface area contributed by atoms with Crippen LogP contribution in [-0.2, 0) is 0 Å². The van der Waals surface area contributed by atoms with Crippen molar-refractivity contribution in [3.8, 4) is 0 Å². The Morgan fingerprint density at radius 2 is 2.29 bits per heavy atom. The van der Waals surface area contributed by atoms with Gasteiger partial charge >= 0.3 is 0 Å². The van der Waals surface area contributed by atoms with E-state index in [9.17, 15) is 0 Å². The van der Waals surface area contributed by atoms with E-state index in [0.29, 0.717) is 0 Å². The van der Waals surface area contributed by atoms with E-state index in [0.717, 1.165) is 5.69 Å². The van der Waals surface area contributed by atoms with Gasteiger partial charge in [0.2, 0.25) is 0 Å². The molecule has 0 saturated heterocycles. The van der Waals surface area contributed by atoms with Crippen molar-refractivity contribution >= 4 is 43.4 Å². The van der Waals surface area contributed by atoms with Gasteiger partial charge in [-0.3, -0.25) is 5.43 Å². The van der Waals surface area contributed by atoms with Gasteiger partial charge in [0.1, 0.15) is 0 Å². The first-order valence-electron chi connectivity index (χ1n) is 3.80. The Kier molecular flexibility index (Phi) is 4.84. The standard InChI is InChI=1S/C9H10IN3O/c1-10-8-3-2-4-9(7-8)13-11-5-6-12-14/h2-7,13-14H,1H2/b11-5+,12-6+. The van der Waals surface area contributed by atoms with Crippen LogP contribution in [0.25, 0.3) is 0 Å². The fourth-order valence-electron chi connectivity index (χ4n) is 0.816. The zero-order valence-electron chi connectivity index (χ0n) is 7.39. The van der Waals surface area contributed by atoms with Gasteiger partial charge < -0.3 is 5.21 Å². The first kappa shape index (κ1) is 10.8. The highest BCUT2D eigenvalue weighted by Crippen LogP contribution is 2.14. The number of nitrogens with one attached hydrogen (secondary N) is 1. The summed E-state index contributed by atoms with van der Waals surface area (Å²) < 4.78 is 5.15. The summed E-state index contributed by atoms with van der Waals surface area (Å²) in [6.07, 6.45) is 2.55. The number of benzene rings is 1. The molecule has 0 unspecified atom stereocenters. The predicted octanol–water partition coefficient (Wildman–Crippen LogP) is 2.12. The molecule has 2 N–H and O–H groups in total. The van der Waals surface area contributed by atoms with Crippen LogP contribution in [0.2, 0.25) is 0 Å². The quantitative estimate of drug-likeness (QED) is 0.387. The number of nitrogens with zero attached hydrogens (tertiary/aromatic N) is 2. The van der Waals surface area contributed by atoms with Gasteiger partial charge in [0.25, 0.3) is 0 Å². The number of rotatable bonds is 4. The van der Waals surface area contributed by atoms with Gasteiger partial charge in [-0.1, -0.05) is 36.5 Å². The molecule has 0 bridgehead atoms. The fraction of sp³-hybridized carbons (Fsp3) is 0. The monoisotopic (exact) mass is 303 g/mol. The van der Waals surface area contributed by atoms with Gasteiger partial charge in [-0.05, 0) is 18.2 Å². The van der Waals surface area contributed by atoms with E-state index in [-0.39, 0.29) is 20.7 Å². The number of hydrazone groups is 1. The van der Waals surface area contributed by atoms with E-state index in [1.165, 1.54) is 16.0 Å². The smallest absolute Gasteiger partial charge is 0.0862 e. The van der Waals surface area contributed by atoms with Gasteiger partial charge in [-0.25, -0.2) is 0 Å². The van der Waals surface area contributed by atoms with E-state index in [2.05, 4.69) is 20.2 Å². The average molecular weight is 303 g/mol. The van der Waals surface area contributed by atoms with Crippen molar-refractivity contribution in [3.63, 3.8) is 0 Å². The Labute approximate surface area is 92.1 Å². The zero-order chi connectivity index (χ0) is 10.2. The summed E-state index contributed by atoms with van der Waals surface area (Å²) in [5.74, 6) is 0. The summed E-state index contributed by atoms with van der Waals surface area (Å²) in [5.41, 5.74) is 3.72. The Balaban J connectivity index is 2.62. The topological polar surface area (TPSA) is 57.0 Å². The van der Waals surface area contributed by atoms with Crippen molar-refractivity contribution < 1.29 is 5.21 Å². The molecule has 0 amide bonds. The average Bonchev–Trinajstić information content (AvgIpc) is 2.25. The molecule has 0 aliphatic rings. The number of hydrogen-bond acceptors (Lipinski definition) is 4. The van der Waals surface area contributed by atoms with Crippen molar-refractivity contribution in [2.75, 3.05) is 5.43 Å². The maximum absolute atomic E-state index is 8.09. The fourth-order valence-corrected chi connectivity index (χ4v) is 1.83. The van der Waals surface area contributed by atoms with Crippen molar-refractivity contribution in [3.05, 3.63) is 27.8 Å². The summed E-state index contributed by atoms with van der Waals surface area (Å²) in [7, 11) is 0. The van der Waals surface area contributed by atoms with Gasteiger partial charge in [-0.15, -0.1) is 0 Å². The van der Waals surface area contributed by atoms with Crippen molar-refractivity contribution in [1.82, 2.24) is 0 Å². The van der Waals surface area contributed by atoms with Crippen LogP contribution in [0.5, 0.6) is 0 Å². The molecular formula is C9H10IN3O. The highest BCUT2D eigenvalue weighted by Gasteiger charge is 1.89. The van der Waals surface area contributed by atoms with Crippen LogP contribution in [-0.4, -0.2) is 22.2 Å². The number of oxime groups is 1. The summed E-state index contributed by atoms with van der Waals surface area (Å²) in [6.45, 7) is 0. The first-order valence-corrected chi connectivity index (χ1v) is 6.41. The lowest BCUT2D eigenvalue weighted by molar-refractivity contribution is 0.322. The molecule has 0 fully saturated rings. The second-order valence-corrected chi connectivity index (χ2v) is 4.31. The highest BCUT2D eigenvalue weighted by atomic mass is 127.